The van der Waals surface area contributed by atoms with Gasteiger partial charge in [-0.15, -0.1) is 0 Å². The van der Waals surface area contributed by atoms with Crippen molar-refractivity contribution in [2.75, 3.05) is 5.73 Å². The van der Waals surface area contributed by atoms with Gasteiger partial charge in [-0.25, -0.2) is 22.4 Å². The second-order valence-electron chi connectivity index (χ2n) is 6.10. The van der Waals surface area contributed by atoms with Gasteiger partial charge in [-0.3, -0.25) is 0 Å². The van der Waals surface area contributed by atoms with E-state index in [1.54, 1.807) is 42.6 Å². The van der Waals surface area contributed by atoms with Crippen molar-refractivity contribution in [1.29, 1.82) is 0 Å². The van der Waals surface area contributed by atoms with Crippen LogP contribution in [0.1, 0.15) is 5.56 Å². The molecule has 27 heavy (non-hydrogen) atoms. The van der Waals surface area contributed by atoms with Crippen molar-refractivity contribution in [3.63, 3.8) is 0 Å². The summed E-state index contributed by atoms with van der Waals surface area (Å²) in [5.41, 5.74) is 8.58. The number of hydrogen-bond donors (Lipinski definition) is 1. The Hall–Kier alpha value is -2.71. The fourth-order valence-electron chi connectivity index (χ4n) is 2.94. The number of fused-ring (bicyclic) bond motifs is 1. The van der Waals surface area contributed by atoms with Crippen LogP contribution in [0.5, 0.6) is 0 Å². The van der Waals surface area contributed by atoms with E-state index in [1.165, 1.54) is 10.2 Å². The maximum Gasteiger partial charge on any atom is 0.268 e. The van der Waals surface area contributed by atoms with Crippen molar-refractivity contribution in [1.82, 2.24) is 13.9 Å². The number of para-hydroxylation sites is 1. The predicted octanol–water partition coefficient (Wildman–Crippen LogP) is 3.99. The Morgan fingerprint density at radius 1 is 1.07 bits per heavy atom. The number of aromatic nitrogens is 3. The van der Waals surface area contributed by atoms with E-state index >= 15 is 0 Å². The molecule has 0 atom stereocenters. The Bertz CT molecular complexity index is 1260. The van der Waals surface area contributed by atoms with Gasteiger partial charge >= 0.3 is 0 Å². The second kappa shape index (κ2) is 6.47. The SMILES string of the molecule is Cc1ccc(S(=O)(=O)n2cc(-c3nc(Br)cnc3N)c3ccccc32)cc1. The quantitative estimate of drug-likeness (QED) is 0.517. The molecule has 0 bridgehead atoms. The molecular weight excluding hydrogens is 428 g/mol. The molecule has 0 radical (unpaired) electrons. The molecule has 2 N–H and O–H groups in total. The van der Waals surface area contributed by atoms with Gasteiger partial charge in [0, 0.05) is 17.1 Å². The smallest absolute Gasteiger partial charge is 0.268 e. The number of rotatable bonds is 3. The van der Waals surface area contributed by atoms with Crippen molar-refractivity contribution in [2.45, 2.75) is 11.8 Å². The van der Waals surface area contributed by atoms with E-state index in [9.17, 15) is 8.42 Å². The summed E-state index contributed by atoms with van der Waals surface area (Å²) < 4.78 is 28.3. The molecular formula is C19H15BrN4O2S. The Balaban J connectivity index is 2.01. The van der Waals surface area contributed by atoms with Crippen LogP contribution in [0.15, 0.2) is 70.4 Å². The number of aryl methyl sites for hydroxylation is 1. The van der Waals surface area contributed by atoms with Crippen LogP contribution >= 0.6 is 15.9 Å². The molecule has 2 aromatic carbocycles. The van der Waals surface area contributed by atoms with Gasteiger partial charge in [0.1, 0.15) is 16.1 Å². The highest BCUT2D eigenvalue weighted by Crippen LogP contribution is 2.34. The highest BCUT2D eigenvalue weighted by atomic mass is 79.9. The van der Waals surface area contributed by atoms with Crippen LogP contribution in [0.4, 0.5) is 5.82 Å². The summed E-state index contributed by atoms with van der Waals surface area (Å²) in [6.45, 7) is 1.91. The van der Waals surface area contributed by atoms with Crippen LogP contribution in [-0.4, -0.2) is 22.4 Å². The van der Waals surface area contributed by atoms with Crippen molar-refractivity contribution in [3.8, 4) is 11.3 Å². The molecule has 4 rings (SSSR count). The van der Waals surface area contributed by atoms with Crippen LogP contribution in [0, 0.1) is 6.92 Å². The highest BCUT2D eigenvalue weighted by molar-refractivity contribution is 9.10. The molecule has 0 spiro atoms. The van der Waals surface area contributed by atoms with Crippen LogP contribution in [0.2, 0.25) is 0 Å². The molecule has 0 aliphatic rings. The van der Waals surface area contributed by atoms with E-state index < -0.39 is 10.0 Å². The zero-order valence-corrected chi connectivity index (χ0v) is 16.7. The van der Waals surface area contributed by atoms with Crippen molar-refractivity contribution < 1.29 is 8.42 Å². The first-order chi connectivity index (χ1) is 12.9. The second-order valence-corrected chi connectivity index (χ2v) is 8.73. The normalized spacial score (nSPS) is 11.8. The van der Waals surface area contributed by atoms with Gasteiger partial charge in [-0.1, -0.05) is 35.9 Å². The Morgan fingerprint density at radius 2 is 1.78 bits per heavy atom. The fourth-order valence-corrected chi connectivity index (χ4v) is 4.59. The fraction of sp³-hybridized carbons (Fsp3) is 0.0526. The number of hydrogen-bond acceptors (Lipinski definition) is 5. The standard InChI is InChI=1S/C19H15BrN4O2S/c1-12-6-8-13(9-7-12)27(25,26)24-11-15(14-4-2-3-5-16(14)24)18-19(21)22-10-17(20)23-18/h2-11H,1H3,(H2,21,22). The molecule has 2 heterocycles. The minimum absolute atomic E-state index is 0.216. The van der Waals surface area contributed by atoms with E-state index in [1.807, 2.05) is 19.1 Å². The van der Waals surface area contributed by atoms with Gasteiger partial charge in [0.05, 0.1) is 16.6 Å². The summed E-state index contributed by atoms with van der Waals surface area (Å²) in [5, 5.41) is 0.729. The van der Waals surface area contributed by atoms with Crippen LogP contribution < -0.4 is 5.73 Å². The monoisotopic (exact) mass is 442 g/mol. The third-order valence-electron chi connectivity index (χ3n) is 4.28. The summed E-state index contributed by atoms with van der Waals surface area (Å²) in [5.74, 6) is 0.230. The van der Waals surface area contributed by atoms with Crippen LogP contribution in [0.25, 0.3) is 22.2 Å². The maximum atomic E-state index is 13.2. The molecule has 0 saturated heterocycles. The van der Waals surface area contributed by atoms with Crippen molar-refractivity contribution >= 4 is 42.7 Å². The number of anilines is 1. The number of benzene rings is 2. The van der Waals surface area contributed by atoms with E-state index in [-0.39, 0.29) is 10.7 Å². The van der Waals surface area contributed by atoms with Crippen LogP contribution in [0.3, 0.4) is 0 Å². The number of nitrogens with two attached hydrogens (primary N) is 1. The molecule has 6 nitrogen and oxygen atoms in total. The van der Waals surface area contributed by atoms with Gasteiger partial charge in [0.2, 0.25) is 0 Å². The summed E-state index contributed by atoms with van der Waals surface area (Å²) in [7, 11) is -3.78. The third-order valence-corrected chi connectivity index (χ3v) is 6.35. The topological polar surface area (TPSA) is 90.9 Å². The molecule has 0 fully saturated rings. The average molecular weight is 443 g/mol. The lowest BCUT2D eigenvalue weighted by Crippen LogP contribution is -2.11. The Labute approximate surface area is 164 Å². The highest BCUT2D eigenvalue weighted by Gasteiger charge is 2.23. The van der Waals surface area contributed by atoms with E-state index in [0.717, 1.165) is 10.9 Å². The molecule has 2 aromatic heterocycles. The predicted molar refractivity (Wildman–Crippen MR) is 109 cm³/mol. The third kappa shape index (κ3) is 3.00. The van der Waals surface area contributed by atoms with Crippen molar-refractivity contribution in [3.05, 3.63) is 71.1 Å². The van der Waals surface area contributed by atoms with Gasteiger partial charge < -0.3 is 5.73 Å². The molecule has 136 valence electrons. The van der Waals surface area contributed by atoms with Crippen LogP contribution in [-0.2, 0) is 10.0 Å². The molecule has 0 aliphatic carbocycles. The van der Waals surface area contributed by atoms with Gasteiger partial charge in [-0.2, -0.15) is 0 Å². The van der Waals surface area contributed by atoms with Gasteiger partial charge in [-0.05, 0) is 41.1 Å². The average Bonchev–Trinajstić information content (AvgIpc) is 3.04. The lowest BCUT2D eigenvalue weighted by molar-refractivity contribution is 0.589. The first-order valence-corrected chi connectivity index (χ1v) is 10.3. The molecule has 0 aliphatic heterocycles. The lowest BCUT2D eigenvalue weighted by atomic mass is 10.1. The van der Waals surface area contributed by atoms with E-state index in [0.29, 0.717) is 21.4 Å². The maximum absolute atomic E-state index is 13.2. The number of halogens is 1. The summed E-state index contributed by atoms with van der Waals surface area (Å²) >= 11 is 3.29. The Morgan fingerprint density at radius 3 is 2.52 bits per heavy atom. The largest absolute Gasteiger partial charge is 0.382 e. The molecule has 0 saturated carbocycles. The lowest BCUT2D eigenvalue weighted by Gasteiger charge is -2.07. The first kappa shape index (κ1) is 17.7. The molecule has 0 amide bonds. The number of nitrogens with zero attached hydrogens (tertiary/aromatic N) is 3. The summed E-state index contributed by atoms with van der Waals surface area (Å²) in [4.78, 5) is 8.72. The number of nitrogen functional groups attached to an aromatic ring is 1. The van der Waals surface area contributed by atoms with Gasteiger partial charge in [0.15, 0.2) is 0 Å². The minimum Gasteiger partial charge on any atom is -0.382 e. The zero-order valence-electron chi connectivity index (χ0n) is 14.3. The minimum atomic E-state index is -3.78. The van der Waals surface area contributed by atoms with E-state index in [2.05, 4.69) is 25.9 Å². The van der Waals surface area contributed by atoms with Crippen molar-refractivity contribution in [2.24, 2.45) is 0 Å². The van der Waals surface area contributed by atoms with E-state index in [4.69, 9.17) is 5.73 Å². The summed E-state index contributed by atoms with van der Waals surface area (Å²) in [6, 6.07) is 14.0. The first-order valence-electron chi connectivity index (χ1n) is 8.08. The molecule has 4 aromatic rings. The summed E-state index contributed by atoms with van der Waals surface area (Å²) in [6.07, 6.45) is 3.05. The Kier molecular flexibility index (Phi) is 4.24. The molecule has 8 heteroatoms. The zero-order chi connectivity index (χ0) is 19.2. The van der Waals surface area contributed by atoms with Gasteiger partial charge in [0.25, 0.3) is 10.0 Å². The molecule has 0 unspecified atom stereocenters.